The molecule has 8 nitrogen and oxygen atoms in total. The Labute approximate surface area is 216 Å². The number of piperidine rings is 2. The van der Waals surface area contributed by atoms with Gasteiger partial charge in [0.25, 0.3) is 5.91 Å². The van der Waals surface area contributed by atoms with Crippen LogP contribution in [-0.2, 0) is 6.54 Å². The molecule has 0 saturated carbocycles. The summed E-state index contributed by atoms with van der Waals surface area (Å²) in [5, 5.41) is 0. The average Bonchev–Trinajstić information content (AvgIpc) is 3.31. The second-order valence-electron chi connectivity index (χ2n) is 10.3. The van der Waals surface area contributed by atoms with Crippen molar-refractivity contribution in [2.24, 2.45) is 0 Å². The molecule has 2 unspecified atom stereocenters. The lowest BCUT2D eigenvalue weighted by Gasteiger charge is -2.51. The Balaban J connectivity index is 1.27. The predicted molar refractivity (Wildman–Crippen MR) is 142 cm³/mol. The molecule has 0 radical (unpaired) electrons. The number of imidazole rings is 1. The van der Waals surface area contributed by atoms with Crippen LogP contribution < -0.4 is 4.74 Å². The summed E-state index contributed by atoms with van der Waals surface area (Å²) in [6.45, 7) is 6.63. The summed E-state index contributed by atoms with van der Waals surface area (Å²) in [5.41, 5.74) is 5.63. The highest BCUT2D eigenvalue weighted by molar-refractivity contribution is 5.93. The normalized spacial score (nSPS) is 19.6. The van der Waals surface area contributed by atoms with Crippen molar-refractivity contribution < 1.29 is 9.53 Å². The van der Waals surface area contributed by atoms with Crippen LogP contribution in [0.4, 0.5) is 0 Å². The molecule has 7 rings (SSSR count). The van der Waals surface area contributed by atoms with Crippen molar-refractivity contribution >= 4 is 11.6 Å². The highest BCUT2D eigenvalue weighted by atomic mass is 16.5. The summed E-state index contributed by atoms with van der Waals surface area (Å²) in [5.74, 6) is 0.835. The summed E-state index contributed by atoms with van der Waals surface area (Å²) in [6, 6.07) is 16.2. The van der Waals surface area contributed by atoms with Gasteiger partial charge >= 0.3 is 0 Å². The molecule has 4 aromatic heterocycles. The molecule has 4 aromatic rings. The lowest BCUT2D eigenvalue weighted by molar-refractivity contribution is -0.0162. The fourth-order valence-corrected chi connectivity index (χ4v) is 5.66. The minimum atomic E-state index is -0.0138. The molecule has 8 heteroatoms. The maximum atomic E-state index is 13.3. The number of hydrogen-bond acceptors (Lipinski definition) is 6. The van der Waals surface area contributed by atoms with Gasteiger partial charge in [-0.15, -0.1) is 0 Å². The van der Waals surface area contributed by atoms with Crippen molar-refractivity contribution in [1.82, 2.24) is 29.2 Å². The smallest absolute Gasteiger partial charge is 0.272 e. The van der Waals surface area contributed by atoms with Crippen molar-refractivity contribution in [2.75, 3.05) is 20.2 Å². The monoisotopic (exact) mass is 496 g/mol. The summed E-state index contributed by atoms with van der Waals surface area (Å²) in [4.78, 5) is 31.9. The van der Waals surface area contributed by atoms with Gasteiger partial charge < -0.3 is 14.0 Å². The molecule has 3 aliphatic rings. The van der Waals surface area contributed by atoms with Crippen molar-refractivity contribution in [2.45, 2.75) is 51.2 Å². The Hall–Kier alpha value is -3.78. The summed E-state index contributed by atoms with van der Waals surface area (Å²) in [6.07, 6.45) is 6.13. The molecule has 190 valence electrons. The summed E-state index contributed by atoms with van der Waals surface area (Å²) < 4.78 is 7.42. The van der Waals surface area contributed by atoms with Gasteiger partial charge in [0.05, 0.1) is 18.5 Å². The molecule has 0 N–H and O–H groups in total. The van der Waals surface area contributed by atoms with E-state index in [-0.39, 0.29) is 11.9 Å². The standard InChI is InChI=1S/C29H32N6O2/c1-19(2)23-13-10-20(15-30-23)28-25(34-14-5-4-8-26(34)32-28)18-33-16-22-12-11-21(33)17-35(22)29(36)24-7-6-9-27(31-24)37-3/h4-10,13-15,19,21-22H,11-12,16-18H2,1-3H3. The second kappa shape index (κ2) is 9.59. The van der Waals surface area contributed by atoms with Crippen LogP contribution in [0.5, 0.6) is 5.88 Å². The SMILES string of the molecule is COc1cccc(C(=O)N2CC3CCC2CN3Cc2c(-c3ccc(C(C)C)nc3)nc3ccccn23)n1. The molecule has 7 heterocycles. The first kappa shape index (κ1) is 23.6. The zero-order valence-electron chi connectivity index (χ0n) is 21.5. The third kappa shape index (κ3) is 4.35. The van der Waals surface area contributed by atoms with E-state index in [9.17, 15) is 4.79 Å². The highest BCUT2D eigenvalue weighted by Crippen LogP contribution is 2.33. The topological polar surface area (TPSA) is 75.9 Å². The van der Waals surface area contributed by atoms with E-state index in [1.54, 1.807) is 19.2 Å². The number of rotatable bonds is 6. The first-order chi connectivity index (χ1) is 18.0. The Kier molecular flexibility index (Phi) is 6.12. The Morgan fingerprint density at radius 1 is 1.03 bits per heavy atom. The number of pyridine rings is 3. The number of carbonyl (C=O) groups is 1. The third-order valence-corrected chi connectivity index (χ3v) is 7.69. The number of fused-ring (bicyclic) bond motifs is 4. The first-order valence-corrected chi connectivity index (χ1v) is 13.0. The van der Waals surface area contributed by atoms with Gasteiger partial charge in [-0.05, 0) is 49.1 Å². The number of methoxy groups -OCH3 is 1. The molecule has 3 aliphatic heterocycles. The van der Waals surface area contributed by atoms with E-state index in [0.29, 0.717) is 30.1 Å². The van der Waals surface area contributed by atoms with E-state index in [1.807, 2.05) is 35.4 Å². The van der Waals surface area contributed by atoms with Crippen LogP contribution in [0.15, 0.2) is 60.9 Å². The fourth-order valence-electron chi connectivity index (χ4n) is 5.66. The molecule has 1 amide bonds. The highest BCUT2D eigenvalue weighted by Gasteiger charge is 2.42. The Morgan fingerprint density at radius 3 is 2.62 bits per heavy atom. The number of piperazine rings is 1. The van der Waals surface area contributed by atoms with E-state index in [2.05, 4.69) is 46.5 Å². The number of carbonyl (C=O) groups excluding carboxylic acids is 1. The van der Waals surface area contributed by atoms with Crippen LogP contribution in [-0.4, -0.2) is 67.3 Å². The summed E-state index contributed by atoms with van der Waals surface area (Å²) in [7, 11) is 1.57. The molecule has 3 fully saturated rings. The molecule has 0 spiro atoms. The fraction of sp³-hybridized carbons (Fsp3) is 0.379. The van der Waals surface area contributed by atoms with Crippen molar-refractivity contribution in [3.63, 3.8) is 0 Å². The molecule has 37 heavy (non-hydrogen) atoms. The van der Waals surface area contributed by atoms with Gasteiger partial charge in [-0.3, -0.25) is 14.7 Å². The molecule has 0 aliphatic carbocycles. The molecule has 2 bridgehead atoms. The van der Waals surface area contributed by atoms with Crippen molar-refractivity contribution in [3.8, 4) is 17.1 Å². The number of ether oxygens (including phenoxy) is 1. The maximum absolute atomic E-state index is 13.3. The quantitative estimate of drug-likeness (QED) is 0.394. The van der Waals surface area contributed by atoms with Crippen LogP contribution in [0.2, 0.25) is 0 Å². The molecule has 3 saturated heterocycles. The van der Waals surface area contributed by atoms with Gasteiger partial charge in [-0.25, -0.2) is 9.97 Å². The average molecular weight is 497 g/mol. The predicted octanol–water partition coefficient (Wildman–Crippen LogP) is 4.41. The van der Waals surface area contributed by atoms with Crippen molar-refractivity contribution in [3.05, 3.63) is 78.0 Å². The van der Waals surface area contributed by atoms with Crippen LogP contribution >= 0.6 is 0 Å². The van der Waals surface area contributed by atoms with Crippen LogP contribution in [0.3, 0.4) is 0 Å². The van der Waals surface area contributed by atoms with Gasteiger partial charge in [-0.2, -0.15) is 0 Å². The van der Waals surface area contributed by atoms with E-state index < -0.39 is 0 Å². The first-order valence-electron chi connectivity index (χ1n) is 13.0. The number of amides is 1. The number of nitrogens with zero attached hydrogens (tertiary/aromatic N) is 6. The molecular weight excluding hydrogens is 464 g/mol. The molecule has 2 atom stereocenters. The number of hydrogen-bond donors (Lipinski definition) is 0. The zero-order valence-corrected chi connectivity index (χ0v) is 21.5. The van der Waals surface area contributed by atoms with Crippen LogP contribution in [0, 0.1) is 0 Å². The lowest BCUT2D eigenvalue weighted by atomic mass is 9.90. The van der Waals surface area contributed by atoms with E-state index >= 15 is 0 Å². The van der Waals surface area contributed by atoms with E-state index in [4.69, 9.17) is 14.7 Å². The van der Waals surface area contributed by atoms with E-state index in [1.165, 1.54) is 0 Å². The third-order valence-electron chi connectivity index (χ3n) is 7.69. The van der Waals surface area contributed by atoms with Crippen molar-refractivity contribution in [1.29, 1.82) is 0 Å². The molecular formula is C29H32N6O2. The second-order valence-corrected chi connectivity index (χ2v) is 10.3. The summed E-state index contributed by atoms with van der Waals surface area (Å²) >= 11 is 0. The Bertz CT molecular complexity index is 1430. The zero-order chi connectivity index (χ0) is 25.5. The lowest BCUT2D eigenvalue weighted by Crippen LogP contribution is -2.63. The van der Waals surface area contributed by atoms with Gasteiger partial charge in [0.2, 0.25) is 5.88 Å². The minimum absolute atomic E-state index is 0.0138. The minimum Gasteiger partial charge on any atom is -0.481 e. The van der Waals surface area contributed by atoms with Gasteiger partial charge in [0.15, 0.2) is 0 Å². The largest absolute Gasteiger partial charge is 0.481 e. The number of aromatic nitrogens is 4. The molecule has 0 aromatic carbocycles. The van der Waals surface area contributed by atoms with Crippen LogP contribution in [0.25, 0.3) is 16.9 Å². The maximum Gasteiger partial charge on any atom is 0.272 e. The van der Waals surface area contributed by atoms with Gasteiger partial charge in [-0.1, -0.05) is 26.0 Å². The van der Waals surface area contributed by atoms with Gasteiger partial charge in [0, 0.05) is 61.4 Å². The Morgan fingerprint density at radius 2 is 1.89 bits per heavy atom. The van der Waals surface area contributed by atoms with E-state index in [0.717, 1.165) is 54.2 Å². The van der Waals surface area contributed by atoms with Crippen LogP contribution in [0.1, 0.15) is 54.5 Å². The van der Waals surface area contributed by atoms with Gasteiger partial charge in [0.1, 0.15) is 11.3 Å².